The van der Waals surface area contributed by atoms with E-state index in [4.69, 9.17) is 11.5 Å². The first-order chi connectivity index (χ1) is 12.9. The number of benzene rings is 1. The maximum absolute atomic E-state index is 13.1. The Balaban J connectivity index is 1.78. The van der Waals surface area contributed by atoms with Gasteiger partial charge in [0.25, 0.3) is 0 Å². The zero-order valence-corrected chi connectivity index (χ0v) is 14.6. The second-order valence-corrected chi connectivity index (χ2v) is 5.98. The molecule has 27 heavy (non-hydrogen) atoms. The van der Waals surface area contributed by atoms with Gasteiger partial charge in [-0.2, -0.15) is 0 Å². The molecule has 2 heterocycles. The van der Waals surface area contributed by atoms with Crippen molar-refractivity contribution in [2.24, 2.45) is 0 Å². The molecule has 6 nitrogen and oxygen atoms in total. The van der Waals surface area contributed by atoms with Crippen molar-refractivity contribution in [1.29, 1.82) is 0 Å². The van der Waals surface area contributed by atoms with Crippen LogP contribution in [-0.4, -0.2) is 15.9 Å². The maximum Gasteiger partial charge on any atom is 0.248 e. The molecular weight excluding hydrogens is 345 g/mol. The fraction of sp³-hybridized carbons (Fsp3) is 0.0500. The highest BCUT2D eigenvalue weighted by Gasteiger charge is 2.07. The molecule has 0 spiro atoms. The molecule has 0 aliphatic rings. The van der Waals surface area contributed by atoms with Crippen LogP contribution in [0.25, 0.3) is 17.2 Å². The van der Waals surface area contributed by atoms with Gasteiger partial charge in [-0.05, 0) is 54.5 Å². The van der Waals surface area contributed by atoms with Crippen molar-refractivity contribution in [3.8, 4) is 11.1 Å². The predicted octanol–water partition coefficient (Wildman–Crippen LogP) is 3.41. The number of halogens is 1. The van der Waals surface area contributed by atoms with Gasteiger partial charge in [0.2, 0.25) is 5.91 Å². The molecule has 5 N–H and O–H groups in total. The van der Waals surface area contributed by atoms with Gasteiger partial charge in [0.05, 0.1) is 11.4 Å². The zero-order valence-electron chi connectivity index (χ0n) is 14.6. The summed E-state index contributed by atoms with van der Waals surface area (Å²) < 4.78 is 13.1. The van der Waals surface area contributed by atoms with Crippen LogP contribution >= 0.6 is 0 Å². The number of hydrogen-bond acceptors (Lipinski definition) is 5. The summed E-state index contributed by atoms with van der Waals surface area (Å²) in [6.07, 6.45) is 4.46. The van der Waals surface area contributed by atoms with Crippen LogP contribution in [0.2, 0.25) is 0 Å². The lowest BCUT2D eigenvalue weighted by atomic mass is 10.1. The Kier molecular flexibility index (Phi) is 5.12. The van der Waals surface area contributed by atoms with E-state index in [9.17, 15) is 9.18 Å². The molecule has 3 rings (SSSR count). The number of rotatable bonds is 4. The van der Waals surface area contributed by atoms with Gasteiger partial charge in [0.15, 0.2) is 0 Å². The Labute approximate surface area is 155 Å². The van der Waals surface area contributed by atoms with Crippen molar-refractivity contribution in [2.45, 2.75) is 6.92 Å². The Morgan fingerprint density at radius 1 is 1.11 bits per heavy atom. The molecule has 136 valence electrons. The van der Waals surface area contributed by atoms with E-state index in [0.717, 1.165) is 11.1 Å². The third-order valence-electron chi connectivity index (χ3n) is 3.77. The first-order valence-electron chi connectivity index (χ1n) is 8.15. The summed E-state index contributed by atoms with van der Waals surface area (Å²) in [6, 6.07) is 11.2. The van der Waals surface area contributed by atoms with Crippen molar-refractivity contribution < 1.29 is 9.18 Å². The maximum atomic E-state index is 13.1. The van der Waals surface area contributed by atoms with Crippen molar-refractivity contribution in [3.05, 3.63) is 71.8 Å². The number of aromatic nitrogens is 2. The van der Waals surface area contributed by atoms with Gasteiger partial charge < -0.3 is 16.8 Å². The van der Waals surface area contributed by atoms with Gasteiger partial charge in [-0.15, -0.1) is 0 Å². The van der Waals surface area contributed by atoms with Gasteiger partial charge in [-0.25, -0.2) is 14.4 Å². The first-order valence-corrected chi connectivity index (χ1v) is 8.15. The number of nitrogens with two attached hydrogens (primary N) is 2. The summed E-state index contributed by atoms with van der Waals surface area (Å²) in [7, 11) is 0. The van der Waals surface area contributed by atoms with Crippen molar-refractivity contribution >= 4 is 29.3 Å². The average Bonchev–Trinajstić information content (AvgIpc) is 2.62. The van der Waals surface area contributed by atoms with Crippen molar-refractivity contribution in [2.75, 3.05) is 16.8 Å². The molecule has 0 atom stereocenters. The third kappa shape index (κ3) is 4.66. The molecule has 3 aromatic rings. The number of hydrogen-bond donors (Lipinski definition) is 3. The Morgan fingerprint density at radius 3 is 2.56 bits per heavy atom. The van der Waals surface area contributed by atoms with E-state index in [0.29, 0.717) is 22.8 Å². The minimum Gasteiger partial charge on any atom is -0.384 e. The molecule has 0 saturated carbocycles. The standard InChI is InChI=1S/C20H18FN5O/c1-12-8-16(25-18(22)9-12)6-7-19(27)26-17-10-14(11-24-20(17)23)13-2-4-15(21)5-3-13/h2-11H,1H3,(H2,22,25)(H2,23,24)(H,26,27)/b7-6+. The van der Waals surface area contributed by atoms with Crippen LogP contribution in [0, 0.1) is 12.7 Å². The van der Waals surface area contributed by atoms with E-state index < -0.39 is 0 Å². The number of nitrogens with zero attached hydrogens (tertiary/aromatic N) is 2. The second kappa shape index (κ2) is 7.65. The number of pyridine rings is 2. The number of nitrogen functional groups attached to an aromatic ring is 2. The van der Waals surface area contributed by atoms with Crippen LogP contribution in [0.5, 0.6) is 0 Å². The van der Waals surface area contributed by atoms with Crippen molar-refractivity contribution in [3.63, 3.8) is 0 Å². The van der Waals surface area contributed by atoms with Crippen LogP contribution in [0.4, 0.5) is 21.7 Å². The minimum absolute atomic E-state index is 0.181. The summed E-state index contributed by atoms with van der Waals surface area (Å²) in [6.45, 7) is 1.89. The molecular formula is C20H18FN5O. The van der Waals surface area contributed by atoms with Gasteiger partial charge in [0, 0.05) is 17.8 Å². The number of aryl methyl sites for hydroxylation is 1. The summed E-state index contributed by atoms with van der Waals surface area (Å²) in [5.41, 5.74) is 14.9. The van der Waals surface area contributed by atoms with Crippen LogP contribution < -0.4 is 16.8 Å². The van der Waals surface area contributed by atoms with Crippen LogP contribution in [-0.2, 0) is 4.79 Å². The van der Waals surface area contributed by atoms with Crippen molar-refractivity contribution in [1.82, 2.24) is 9.97 Å². The molecule has 7 heteroatoms. The van der Waals surface area contributed by atoms with E-state index in [2.05, 4.69) is 15.3 Å². The molecule has 2 aromatic heterocycles. The number of anilines is 3. The molecule has 0 aliphatic carbocycles. The molecule has 0 bridgehead atoms. The molecule has 1 aromatic carbocycles. The average molecular weight is 363 g/mol. The number of amides is 1. The fourth-order valence-electron chi connectivity index (χ4n) is 2.52. The van der Waals surface area contributed by atoms with Gasteiger partial charge in [-0.1, -0.05) is 12.1 Å². The van der Waals surface area contributed by atoms with Gasteiger partial charge >= 0.3 is 0 Å². The summed E-state index contributed by atoms with van der Waals surface area (Å²) in [5, 5.41) is 2.68. The lowest BCUT2D eigenvalue weighted by Gasteiger charge is -2.08. The Bertz CT molecular complexity index is 995. The first kappa shape index (κ1) is 18.1. The topological polar surface area (TPSA) is 107 Å². The molecule has 0 unspecified atom stereocenters. The molecule has 0 saturated heterocycles. The largest absolute Gasteiger partial charge is 0.384 e. The lowest BCUT2D eigenvalue weighted by molar-refractivity contribution is -0.111. The molecule has 0 radical (unpaired) electrons. The van der Waals surface area contributed by atoms with Crippen LogP contribution in [0.3, 0.4) is 0 Å². The smallest absolute Gasteiger partial charge is 0.248 e. The quantitative estimate of drug-likeness (QED) is 0.616. The second-order valence-electron chi connectivity index (χ2n) is 5.98. The number of carbonyl (C=O) groups is 1. The number of carbonyl (C=O) groups excluding carboxylic acids is 1. The summed E-state index contributed by atoms with van der Waals surface area (Å²) in [4.78, 5) is 20.4. The zero-order chi connectivity index (χ0) is 19.4. The summed E-state index contributed by atoms with van der Waals surface area (Å²) >= 11 is 0. The van der Waals surface area contributed by atoms with E-state index in [1.807, 2.05) is 13.0 Å². The SMILES string of the molecule is Cc1cc(N)nc(/C=C/C(=O)Nc2cc(-c3ccc(F)cc3)cnc2N)c1. The third-order valence-corrected chi connectivity index (χ3v) is 3.77. The number of nitrogens with one attached hydrogen (secondary N) is 1. The minimum atomic E-state index is -0.387. The van der Waals surface area contributed by atoms with Crippen LogP contribution in [0.15, 0.2) is 54.7 Å². The summed E-state index contributed by atoms with van der Waals surface area (Å²) in [5.74, 6) is -0.149. The molecule has 0 fully saturated rings. The van der Waals surface area contributed by atoms with Gasteiger partial charge in [-0.3, -0.25) is 4.79 Å². The van der Waals surface area contributed by atoms with E-state index in [-0.39, 0.29) is 17.5 Å². The van der Waals surface area contributed by atoms with Gasteiger partial charge in [0.1, 0.15) is 17.5 Å². The monoisotopic (exact) mass is 363 g/mol. The molecule has 0 aliphatic heterocycles. The highest BCUT2D eigenvalue weighted by atomic mass is 19.1. The van der Waals surface area contributed by atoms with E-state index in [1.165, 1.54) is 18.2 Å². The highest BCUT2D eigenvalue weighted by molar-refractivity contribution is 6.03. The van der Waals surface area contributed by atoms with E-state index >= 15 is 0 Å². The van der Waals surface area contributed by atoms with Crippen LogP contribution in [0.1, 0.15) is 11.3 Å². The Morgan fingerprint density at radius 2 is 1.85 bits per heavy atom. The highest BCUT2D eigenvalue weighted by Crippen LogP contribution is 2.25. The Hall–Kier alpha value is -3.74. The normalized spacial score (nSPS) is 10.9. The van der Waals surface area contributed by atoms with E-state index in [1.54, 1.807) is 36.5 Å². The molecule has 1 amide bonds. The predicted molar refractivity (Wildman–Crippen MR) is 105 cm³/mol. The fourth-order valence-corrected chi connectivity index (χ4v) is 2.52. The lowest BCUT2D eigenvalue weighted by Crippen LogP contribution is -2.10.